The number of hydrogen-bond donors (Lipinski definition) is 4. The van der Waals surface area contributed by atoms with E-state index in [9.17, 15) is 19.8 Å². The Bertz CT molecular complexity index is 1320. The van der Waals surface area contributed by atoms with Gasteiger partial charge in [-0.25, -0.2) is 9.59 Å². The van der Waals surface area contributed by atoms with E-state index in [1.54, 1.807) is 18.2 Å². The Kier molecular flexibility index (Phi) is 7.21. The predicted molar refractivity (Wildman–Crippen MR) is 130 cm³/mol. The van der Waals surface area contributed by atoms with Gasteiger partial charge in [0, 0.05) is 6.42 Å². The number of amides is 1. The number of benzene rings is 2. The minimum absolute atomic E-state index is 0.140. The maximum atomic E-state index is 12.6. The fourth-order valence-electron chi connectivity index (χ4n) is 4.04. The average Bonchev–Trinajstić information content (AvgIpc) is 3.29. The molecule has 2 aliphatic rings. The minimum Gasteiger partial charge on any atom is -0.489 e. The number of ether oxygens (including phenoxy) is 4. The van der Waals surface area contributed by atoms with Gasteiger partial charge in [-0.3, -0.25) is 4.57 Å². The van der Waals surface area contributed by atoms with Gasteiger partial charge in [0.15, 0.2) is 17.3 Å². The summed E-state index contributed by atoms with van der Waals surface area (Å²) in [6.45, 7) is 0.182. The average molecular weight is 511 g/mol. The number of carbonyl (C=O) groups excluding carboxylic acids is 1. The van der Waals surface area contributed by atoms with E-state index < -0.39 is 30.2 Å². The molecule has 0 radical (unpaired) electrons. The van der Waals surface area contributed by atoms with Crippen molar-refractivity contribution in [1.29, 1.82) is 0 Å². The quantitative estimate of drug-likeness (QED) is 0.259. The first-order valence-corrected chi connectivity index (χ1v) is 11.7. The third kappa shape index (κ3) is 5.50. The fourth-order valence-corrected chi connectivity index (χ4v) is 4.04. The Morgan fingerprint density at radius 2 is 2.03 bits per heavy atom. The fraction of sp³-hybridized carbons (Fsp3) is 0.320. The zero-order valence-electron chi connectivity index (χ0n) is 19.7. The number of aromatic nitrogens is 2. The van der Waals surface area contributed by atoms with E-state index in [2.05, 4.69) is 15.6 Å². The molecular formula is C25H26N4O8. The van der Waals surface area contributed by atoms with E-state index in [-0.39, 0.29) is 44.4 Å². The van der Waals surface area contributed by atoms with Crippen molar-refractivity contribution in [2.75, 3.05) is 25.1 Å². The van der Waals surface area contributed by atoms with Gasteiger partial charge in [0.05, 0.1) is 25.5 Å². The van der Waals surface area contributed by atoms with Gasteiger partial charge in [0.2, 0.25) is 0 Å². The van der Waals surface area contributed by atoms with E-state index in [0.29, 0.717) is 17.2 Å². The van der Waals surface area contributed by atoms with Crippen LogP contribution in [-0.4, -0.2) is 57.8 Å². The molecule has 37 heavy (non-hydrogen) atoms. The van der Waals surface area contributed by atoms with Gasteiger partial charge in [-0.05, 0) is 17.7 Å². The van der Waals surface area contributed by atoms with E-state index in [1.165, 1.54) is 10.8 Å². The molecule has 12 heteroatoms. The molecule has 5 rings (SSSR count). The Morgan fingerprint density at radius 3 is 2.81 bits per heavy atom. The summed E-state index contributed by atoms with van der Waals surface area (Å²) in [7, 11) is 0. The second-order valence-electron chi connectivity index (χ2n) is 8.45. The van der Waals surface area contributed by atoms with E-state index >= 15 is 0 Å². The van der Waals surface area contributed by atoms with Crippen molar-refractivity contribution in [3.05, 3.63) is 70.8 Å². The summed E-state index contributed by atoms with van der Waals surface area (Å²) >= 11 is 0. The van der Waals surface area contributed by atoms with Gasteiger partial charge >= 0.3 is 11.8 Å². The molecule has 3 aromatic rings. The summed E-state index contributed by atoms with van der Waals surface area (Å²) in [6.07, 6.45) is -1.39. The largest absolute Gasteiger partial charge is 0.489 e. The van der Waals surface area contributed by atoms with E-state index in [1.807, 2.05) is 30.3 Å². The van der Waals surface area contributed by atoms with Crippen molar-refractivity contribution >= 4 is 17.6 Å². The van der Waals surface area contributed by atoms with Crippen LogP contribution in [0.15, 0.2) is 59.5 Å². The zero-order valence-corrected chi connectivity index (χ0v) is 19.7. The van der Waals surface area contributed by atoms with Crippen molar-refractivity contribution in [1.82, 2.24) is 14.9 Å². The molecule has 0 spiro atoms. The molecule has 2 aliphatic heterocycles. The summed E-state index contributed by atoms with van der Waals surface area (Å²) in [5.41, 5.74) is 0.768. The number of hydrogen-bond acceptors (Lipinski definition) is 10. The highest BCUT2D eigenvalue weighted by molar-refractivity contribution is 5.77. The molecule has 0 bridgehead atoms. The predicted octanol–water partition coefficient (Wildman–Crippen LogP) is 2.04. The van der Waals surface area contributed by atoms with E-state index in [0.717, 1.165) is 5.56 Å². The lowest BCUT2D eigenvalue weighted by molar-refractivity contribution is -0.0459. The first-order chi connectivity index (χ1) is 18.0. The summed E-state index contributed by atoms with van der Waals surface area (Å²) in [6, 6.07) is 14.6. The molecule has 3 heterocycles. The smallest absolute Gasteiger partial charge is 0.407 e. The highest BCUT2D eigenvalue weighted by atomic mass is 16.6. The molecule has 4 N–H and O–H groups in total. The number of rotatable bonds is 8. The van der Waals surface area contributed by atoms with Crippen LogP contribution < -0.4 is 25.8 Å². The zero-order chi connectivity index (χ0) is 25.8. The first kappa shape index (κ1) is 24.6. The molecule has 194 valence electrons. The number of nitrogens with zero attached hydrogens (tertiary/aromatic N) is 2. The maximum Gasteiger partial charge on any atom is 0.407 e. The molecule has 1 aromatic heterocycles. The number of nitrogens with one attached hydrogen (secondary N) is 2. The molecule has 0 aliphatic carbocycles. The highest BCUT2D eigenvalue weighted by Gasteiger charge is 2.36. The van der Waals surface area contributed by atoms with Crippen LogP contribution in [0.3, 0.4) is 0 Å². The molecule has 3 atom stereocenters. The number of fused-ring (bicyclic) bond motifs is 2. The SMILES string of the molecule is O=C(NCCOc1cccc2c1Nc1nc(=O)n(C3C[C@@H](O)[C@@H](CO)O3)cc1O2)OCc1ccccc1. The Balaban J connectivity index is 1.18. The number of carbonyl (C=O) groups is 1. The number of aliphatic hydroxyl groups is 2. The van der Waals surface area contributed by atoms with Crippen molar-refractivity contribution in [3.63, 3.8) is 0 Å². The van der Waals surface area contributed by atoms with Crippen molar-refractivity contribution < 1.29 is 34.0 Å². The summed E-state index contributed by atoms with van der Waals surface area (Å²) in [5.74, 6) is 1.39. The molecular weight excluding hydrogens is 484 g/mol. The second kappa shape index (κ2) is 10.9. The molecule has 1 fully saturated rings. The van der Waals surface area contributed by atoms with Crippen LogP contribution in [0.1, 0.15) is 18.2 Å². The van der Waals surface area contributed by atoms with E-state index in [4.69, 9.17) is 18.9 Å². The normalized spacial score (nSPS) is 19.7. The topological polar surface area (TPSA) is 153 Å². The van der Waals surface area contributed by atoms with Gasteiger partial charge in [-0.15, -0.1) is 0 Å². The van der Waals surface area contributed by atoms with Crippen LogP contribution in [0, 0.1) is 0 Å². The van der Waals surface area contributed by atoms with Crippen molar-refractivity contribution in [3.8, 4) is 17.2 Å². The third-order valence-corrected chi connectivity index (χ3v) is 5.91. The van der Waals surface area contributed by atoms with Crippen LogP contribution in [0.4, 0.5) is 16.3 Å². The Hall–Kier alpha value is -4.13. The van der Waals surface area contributed by atoms with Crippen LogP contribution in [-0.2, 0) is 16.1 Å². The molecule has 2 aromatic carbocycles. The minimum atomic E-state index is -0.891. The Morgan fingerprint density at radius 1 is 1.19 bits per heavy atom. The molecule has 0 saturated carbocycles. The maximum absolute atomic E-state index is 12.6. The first-order valence-electron chi connectivity index (χ1n) is 11.7. The van der Waals surface area contributed by atoms with Gasteiger partial charge in [0.1, 0.15) is 37.0 Å². The monoisotopic (exact) mass is 510 g/mol. The molecule has 1 unspecified atom stereocenters. The van der Waals surface area contributed by atoms with Crippen LogP contribution in [0.25, 0.3) is 0 Å². The lowest BCUT2D eigenvalue weighted by Gasteiger charge is -2.24. The van der Waals surface area contributed by atoms with Crippen molar-refractivity contribution in [2.24, 2.45) is 0 Å². The summed E-state index contributed by atoms with van der Waals surface area (Å²) < 4.78 is 23.7. The third-order valence-electron chi connectivity index (χ3n) is 5.91. The van der Waals surface area contributed by atoms with Gasteiger partial charge in [0.25, 0.3) is 0 Å². The van der Waals surface area contributed by atoms with Gasteiger partial charge < -0.3 is 39.8 Å². The second-order valence-corrected chi connectivity index (χ2v) is 8.45. The number of aliphatic hydroxyl groups excluding tert-OH is 2. The molecule has 12 nitrogen and oxygen atoms in total. The van der Waals surface area contributed by atoms with Crippen LogP contribution in [0.2, 0.25) is 0 Å². The Labute approximate surface area is 211 Å². The molecule has 1 saturated heterocycles. The van der Waals surface area contributed by atoms with Crippen LogP contribution in [0.5, 0.6) is 17.2 Å². The van der Waals surface area contributed by atoms with Crippen LogP contribution >= 0.6 is 0 Å². The molecule has 1 amide bonds. The number of anilines is 2. The number of para-hydroxylation sites is 1. The highest BCUT2D eigenvalue weighted by Crippen LogP contribution is 2.45. The lowest BCUT2D eigenvalue weighted by Crippen LogP contribution is -2.29. The summed E-state index contributed by atoms with van der Waals surface area (Å²) in [4.78, 5) is 28.6. The number of alkyl carbamates (subject to hydrolysis) is 1. The van der Waals surface area contributed by atoms with Gasteiger partial charge in [-0.1, -0.05) is 36.4 Å². The summed E-state index contributed by atoms with van der Waals surface area (Å²) in [5, 5.41) is 25.0. The van der Waals surface area contributed by atoms with Gasteiger partial charge in [-0.2, -0.15) is 4.98 Å². The van der Waals surface area contributed by atoms with Crippen molar-refractivity contribution in [2.45, 2.75) is 31.5 Å². The standard InChI is InChI=1S/C25H26N4O8/c30-13-20-16(31)11-21(37-20)29-12-19-23(28-24(29)32)27-22-17(7-4-8-18(22)36-19)34-10-9-26-25(33)35-14-15-5-2-1-3-6-15/h1-8,12,16,20-21,30-31H,9-11,13-14H2,(H,26,33)(H,27,28,32)/t16-,20-,21?/m1/s1. The lowest BCUT2D eigenvalue weighted by atomic mass is 10.2.